The van der Waals surface area contributed by atoms with Crippen LogP contribution in [0.15, 0.2) is 0 Å². The van der Waals surface area contributed by atoms with Crippen molar-refractivity contribution in [1.29, 1.82) is 0 Å². The van der Waals surface area contributed by atoms with E-state index in [1.165, 1.54) is 0 Å². The van der Waals surface area contributed by atoms with Crippen LogP contribution < -0.4 is 99.8 Å². The Balaban J connectivity index is 0. The van der Waals surface area contributed by atoms with Crippen LogP contribution in [-0.4, -0.2) is 26.2 Å². The third-order valence-corrected chi connectivity index (χ3v) is 0. The van der Waals surface area contributed by atoms with Crippen molar-refractivity contribution in [3.8, 4) is 0 Å². The minimum absolute atomic E-state index is 0. The molecule has 0 rings (SSSR count). The average molecular weight is 594 g/mol. The Morgan fingerprint density at radius 1 is 1.12 bits per heavy atom. The Morgan fingerprint density at radius 3 is 1.12 bits per heavy atom. The summed E-state index contributed by atoms with van der Waals surface area (Å²) < 4.78 is 0. The van der Waals surface area contributed by atoms with Gasteiger partial charge in [-0.05, 0) is 0 Å². The van der Waals surface area contributed by atoms with Gasteiger partial charge in [-0.1, -0.05) is 0 Å². The molecule has 0 aromatic heterocycles. The molecule has 0 aliphatic rings. The van der Waals surface area contributed by atoms with Crippen LogP contribution in [-0.2, 0) is 50.9 Å². The van der Waals surface area contributed by atoms with Crippen molar-refractivity contribution in [3.05, 3.63) is 0 Å². The van der Waals surface area contributed by atoms with Crippen LogP contribution in [0.3, 0.4) is 0 Å². The topological polar surface area (TPSA) is 0 Å². The van der Waals surface area contributed by atoms with E-state index >= 15 is 0 Å². The molecule has 0 amide bonds. The second-order valence-electron chi connectivity index (χ2n) is 0. The summed E-state index contributed by atoms with van der Waals surface area (Å²) in [6.07, 6.45) is 0. The predicted molar refractivity (Wildman–Crippen MR) is 13.3 cm³/mol. The van der Waals surface area contributed by atoms with Gasteiger partial charge in [0.05, 0.1) is 0 Å². The van der Waals surface area contributed by atoms with Gasteiger partial charge in [-0.3, -0.25) is 0 Å². The molecule has 0 aromatic carbocycles. The zero-order valence-corrected chi connectivity index (χ0v) is 22.4. The van der Waals surface area contributed by atoms with Crippen molar-refractivity contribution < 1.29 is 197 Å². The molecule has 0 saturated carbocycles. The molecular formula is H6BiCeCoFeKLiMnNa. The molecule has 0 atom stereocenters. The molecule has 42 valence electrons. The van der Waals surface area contributed by atoms with E-state index in [0.29, 0.717) is 0 Å². The summed E-state index contributed by atoms with van der Waals surface area (Å²) in [5.74, 6) is 0. The summed E-state index contributed by atoms with van der Waals surface area (Å²) in [4.78, 5) is 0. The van der Waals surface area contributed by atoms with Crippen molar-refractivity contribution in [3.63, 3.8) is 0 Å². The average Bonchev–Trinajstić information content (AvgIpc) is 0. The maximum atomic E-state index is 0. The van der Waals surface area contributed by atoms with E-state index < -0.39 is 0 Å². The Morgan fingerprint density at radius 2 is 1.12 bits per heavy atom. The van der Waals surface area contributed by atoms with Crippen molar-refractivity contribution >= 4 is 26.2 Å². The second-order valence-corrected chi connectivity index (χ2v) is 0. The smallest absolute Gasteiger partial charge is 1.00 e. The summed E-state index contributed by atoms with van der Waals surface area (Å²) in [5.41, 5.74) is 0. The van der Waals surface area contributed by atoms with E-state index in [-0.39, 0.29) is 223 Å². The van der Waals surface area contributed by atoms with Crippen molar-refractivity contribution in [2.75, 3.05) is 0 Å². The van der Waals surface area contributed by atoms with E-state index in [1.54, 1.807) is 0 Å². The first kappa shape index (κ1) is 59.8. The molecule has 8 heavy (non-hydrogen) atoms. The normalized spacial score (nSPS) is 0. The van der Waals surface area contributed by atoms with Gasteiger partial charge in [0.1, 0.15) is 0 Å². The van der Waals surface area contributed by atoms with Crippen LogP contribution in [0.5, 0.6) is 0 Å². The zero-order chi connectivity index (χ0) is 0. The second kappa shape index (κ2) is 48.2. The minimum atomic E-state index is 0. The molecule has 0 aromatic rings. The third-order valence-electron chi connectivity index (χ3n) is 0. The first-order chi connectivity index (χ1) is 0. The molecule has 0 N–H and O–H groups in total. The molecule has 0 aliphatic heterocycles. The van der Waals surface area contributed by atoms with Crippen molar-refractivity contribution in [2.24, 2.45) is 0 Å². The van der Waals surface area contributed by atoms with Crippen LogP contribution in [0.2, 0.25) is 0 Å². The van der Waals surface area contributed by atoms with Gasteiger partial charge in [-0.25, -0.2) is 0 Å². The van der Waals surface area contributed by atoms with Crippen LogP contribution in [0.25, 0.3) is 0 Å². The fraction of sp³-hybridized carbons (Fsp3) is 0. The summed E-state index contributed by atoms with van der Waals surface area (Å²) in [5, 5.41) is 0. The third kappa shape index (κ3) is 38.1. The Labute approximate surface area is 216 Å². The van der Waals surface area contributed by atoms with Crippen LogP contribution in [0.4, 0.5) is 0 Å². The summed E-state index contributed by atoms with van der Waals surface area (Å²) >= 11 is 0. The monoisotopic (exact) mass is 594 g/mol. The van der Waals surface area contributed by atoms with Gasteiger partial charge in [-0.15, -0.1) is 0 Å². The molecule has 0 saturated heterocycles. The molecule has 0 spiro atoms. The molecule has 8 heteroatoms. The Hall–Kier alpha value is 7.04. The van der Waals surface area contributed by atoms with Gasteiger partial charge in [0.15, 0.2) is 0 Å². The van der Waals surface area contributed by atoms with Gasteiger partial charge in [0, 0.05) is 92.7 Å². The van der Waals surface area contributed by atoms with Crippen LogP contribution in [0, 0.1) is 41.7 Å². The number of rotatable bonds is 0. The standard InChI is InChI=1S/Bi.Ce.Co.Fe.K.Li.Mn.Na.6H/q;;;;2*+1;;+1;;;;3*-1. The number of hydrogen-bond donors (Lipinski definition) is 0. The largest absolute Gasteiger partial charge is 1.00 e. The fourth-order valence-electron chi connectivity index (χ4n) is 0. The molecule has 0 aliphatic carbocycles. The first-order valence-corrected chi connectivity index (χ1v) is 0. The molecule has 0 nitrogen and oxygen atoms in total. The Bertz CT molecular complexity index is 33.3. The van der Waals surface area contributed by atoms with E-state index in [4.69, 9.17) is 0 Å². The maximum absolute atomic E-state index is 0. The molecule has 0 unspecified atom stereocenters. The van der Waals surface area contributed by atoms with E-state index in [2.05, 4.69) is 0 Å². The van der Waals surface area contributed by atoms with Gasteiger partial charge in [0.2, 0.25) is 0 Å². The summed E-state index contributed by atoms with van der Waals surface area (Å²) in [6.45, 7) is 0. The summed E-state index contributed by atoms with van der Waals surface area (Å²) in [7, 11) is 0. The van der Waals surface area contributed by atoms with E-state index in [1.807, 2.05) is 0 Å². The summed E-state index contributed by atoms with van der Waals surface area (Å²) in [6, 6.07) is 0. The molecular weight excluding hydrogens is 588 g/mol. The van der Waals surface area contributed by atoms with E-state index in [9.17, 15) is 0 Å². The quantitative estimate of drug-likeness (QED) is 0.245. The molecule has 2 radical (unpaired) electrons. The van der Waals surface area contributed by atoms with Gasteiger partial charge < -0.3 is 4.28 Å². The SMILES string of the molecule is [BiH3].[Ce].[Co].[Fe].[H-].[H-].[H-].[K+].[Li+].[Mn].[Na+]. The van der Waals surface area contributed by atoms with E-state index in [0.717, 1.165) is 0 Å². The predicted octanol–water partition coefficient (Wildman–Crippen LogP) is -9.84. The number of hydrogen-bond acceptors (Lipinski definition) is 0. The molecule has 0 heterocycles. The maximum Gasteiger partial charge on any atom is 1.00 e. The first-order valence-electron chi connectivity index (χ1n) is 0. The van der Waals surface area contributed by atoms with Gasteiger partial charge in [0.25, 0.3) is 0 Å². The fourth-order valence-corrected chi connectivity index (χ4v) is 0. The van der Waals surface area contributed by atoms with Gasteiger partial charge in [-0.2, -0.15) is 0 Å². The minimum Gasteiger partial charge on any atom is -1.00 e. The van der Waals surface area contributed by atoms with Crippen LogP contribution in [0.1, 0.15) is 4.28 Å². The van der Waals surface area contributed by atoms with Crippen molar-refractivity contribution in [1.82, 2.24) is 0 Å². The van der Waals surface area contributed by atoms with Crippen LogP contribution >= 0.6 is 0 Å². The Kier molecular flexibility index (Phi) is 360. The molecule has 0 bridgehead atoms. The van der Waals surface area contributed by atoms with Crippen molar-refractivity contribution in [2.45, 2.75) is 0 Å². The molecule has 0 fully saturated rings. The van der Waals surface area contributed by atoms with Gasteiger partial charge >= 0.3 is 126 Å². The zero-order valence-electron chi connectivity index (χ0n) is 8.27.